The molecule has 0 spiro atoms. The second-order valence-corrected chi connectivity index (χ2v) is 4.87. The Kier molecular flexibility index (Phi) is 4.52. The van der Waals surface area contributed by atoms with Gasteiger partial charge in [-0.1, -0.05) is 37.6 Å². The number of carbonyl (C=O) groups is 1. The molecule has 0 amide bonds. The highest BCUT2D eigenvalue weighted by Gasteiger charge is 2.40. The van der Waals surface area contributed by atoms with Gasteiger partial charge >= 0.3 is 5.97 Å². The number of nitrogens with zero attached hydrogens (tertiary/aromatic N) is 1. The molecule has 0 radical (unpaired) electrons. The van der Waals surface area contributed by atoms with Crippen LogP contribution >= 0.6 is 0 Å². The van der Waals surface area contributed by atoms with Gasteiger partial charge in [0.1, 0.15) is 5.54 Å². The summed E-state index contributed by atoms with van der Waals surface area (Å²) in [6, 6.07) is 6.00. The first-order chi connectivity index (χ1) is 8.37. The minimum Gasteiger partial charge on any atom is -0.480 e. The first-order valence-electron chi connectivity index (χ1n) is 6.44. The van der Waals surface area contributed by atoms with E-state index in [4.69, 9.17) is 0 Å². The van der Waals surface area contributed by atoms with Crippen molar-refractivity contribution in [2.75, 3.05) is 13.1 Å². The average molecular weight is 249 g/mol. The van der Waals surface area contributed by atoms with Crippen molar-refractivity contribution in [2.24, 2.45) is 0 Å². The lowest BCUT2D eigenvalue weighted by Crippen LogP contribution is -2.50. The summed E-state index contributed by atoms with van der Waals surface area (Å²) in [5, 5.41) is 9.69. The molecule has 3 nitrogen and oxygen atoms in total. The maximum absolute atomic E-state index is 11.8. The summed E-state index contributed by atoms with van der Waals surface area (Å²) in [5.41, 5.74) is 2.05. The molecule has 0 saturated carbocycles. The van der Waals surface area contributed by atoms with Crippen LogP contribution in [-0.2, 0) is 10.3 Å². The van der Waals surface area contributed by atoms with Crippen molar-refractivity contribution in [3.05, 3.63) is 34.9 Å². The van der Waals surface area contributed by atoms with Crippen molar-refractivity contribution < 1.29 is 9.90 Å². The summed E-state index contributed by atoms with van der Waals surface area (Å²) in [6.45, 7) is 11.2. The molecule has 0 saturated heterocycles. The van der Waals surface area contributed by atoms with Gasteiger partial charge in [-0.2, -0.15) is 0 Å². The molecule has 0 heterocycles. The predicted molar refractivity (Wildman–Crippen MR) is 73.8 cm³/mol. The third-order valence-corrected chi connectivity index (χ3v) is 3.73. The van der Waals surface area contributed by atoms with Crippen LogP contribution in [0.4, 0.5) is 0 Å². The van der Waals surface area contributed by atoms with Crippen molar-refractivity contribution in [3.63, 3.8) is 0 Å². The Bertz CT molecular complexity index is 438. The highest BCUT2D eigenvalue weighted by atomic mass is 16.4. The highest BCUT2D eigenvalue weighted by molar-refractivity contribution is 5.81. The Balaban J connectivity index is 3.44. The number of aliphatic carboxylic acids is 1. The Morgan fingerprint density at radius 3 is 2.28 bits per heavy atom. The number of likely N-dealkylation sites (N-methyl/N-ethyl adjacent to an activating group) is 1. The fourth-order valence-corrected chi connectivity index (χ4v) is 2.54. The van der Waals surface area contributed by atoms with Crippen LogP contribution in [0.3, 0.4) is 0 Å². The van der Waals surface area contributed by atoms with Gasteiger partial charge < -0.3 is 5.11 Å². The van der Waals surface area contributed by atoms with E-state index in [0.717, 1.165) is 16.7 Å². The summed E-state index contributed by atoms with van der Waals surface area (Å²) in [6.07, 6.45) is 0. The molecule has 3 heteroatoms. The van der Waals surface area contributed by atoms with Gasteiger partial charge in [0, 0.05) is 0 Å². The van der Waals surface area contributed by atoms with Crippen molar-refractivity contribution in [1.82, 2.24) is 4.90 Å². The Morgan fingerprint density at radius 2 is 1.83 bits per heavy atom. The smallest absolute Gasteiger partial charge is 0.328 e. The van der Waals surface area contributed by atoms with E-state index in [1.165, 1.54) is 0 Å². The largest absolute Gasteiger partial charge is 0.480 e. The number of benzene rings is 1. The van der Waals surface area contributed by atoms with Crippen molar-refractivity contribution >= 4 is 5.97 Å². The van der Waals surface area contributed by atoms with Gasteiger partial charge in [-0.05, 0) is 45.0 Å². The van der Waals surface area contributed by atoms with Crippen molar-refractivity contribution in [1.29, 1.82) is 0 Å². The molecule has 0 bridgehead atoms. The van der Waals surface area contributed by atoms with E-state index in [1.807, 2.05) is 50.8 Å². The van der Waals surface area contributed by atoms with E-state index in [-0.39, 0.29) is 0 Å². The first-order valence-corrected chi connectivity index (χ1v) is 6.44. The average Bonchev–Trinajstić information content (AvgIpc) is 2.33. The topological polar surface area (TPSA) is 40.5 Å². The molecule has 18 heavy (non-hydrogen) atoms. The van der Waals surface area contributed by atoms with Gasteiger partial charge in [0.25, 0.3) is 0 Å². The third-order valence-electron chi connectivity index (χ3n) is 3.73. The van der Waals surface area contributed by atoms with Crippen molar-refractivity contribution in [3.8, 4) is 0 Å². The second-order valence-electron chi connectivity index (χ2n) is 4.87. The van der Waals surface area contributed by atoms with Crippen LogP contribution < -0.4 is 0 Å². The zero-order chi connectivity index (χ0) is 13.9. The second kappa shape index (κ2) is 5.53. The molecule has 0 aromatic heterocycles. The van der Waals surface area contributed by atoms with Crippen LogP contribution in [-0.4, -0.2) is 29.1 Å². The normalized spacial score (nSPS) is 14.6. The van der Waals surface area contributed by atoms with E-state index >= 15 is 0 Å². The molecule has 100 valence electrons. The first kappa shape index (κ1) is 14.7. The number of hydrogen-bond donors (Lipinski definition) is 1. The monoisotopic (exact) mass is 249 g/mol. The molecule has 1 atom stereocenters. The Labute approximate surface area is 109 Å². The summed E-state index contributed by atoms with van der Waals surface area (Å²) in [4.78, 5) is 13.8. The zero-order valence-corrected chi connectivity index (χ0v) is 11.9. The lowest BCUT2D eigenvalue weighted by atomic mass is 9.85. The van der Waals surface area contributed by atoms with Crippen LogP contribution in [0.25, 0.3) is 0 Å². The van der Waals surface area contributed by atoms with E-state index in [9.17, 15) is 9.90 Å². The summed E-state index contributed by atoms with van der Waals surface area (Å²) in [7, 11) is 0. The van der Waals surface area contributed by atoms with Crippen LogP contribution in [0, 0.1) is 13.8 Å². The Morgan fingerprint density at radius 1 is 1.28 bits per heavy atom. The lowest BCUT2D eigenvalue weighted by molar-refractivity contribution is -0.151. The molecule has 1 aromatic carbocycles. The van der Waals surface area contributed by atoms with Crippen LogP contribution in [0.1, 0.15) is 37.5 Å². The van der Waals surface area contributed by atoms with Gasteiger partial charge in [0.05, 0.1) is 0 Å². The van der Waals surface area contributed by atoms with Crippen LogP contribution in [0.2, 0.25) is 0 Å². The molecular weight excluding hydrogens is 226 g/mol. The van der Waals surface area contributed by atoms with Gasteiger partial charge in [-0.25, -0.2) is 4.79 Å². The maximum Gasteiger partial charge on any atom is 0.328 e. The highest BCUT2D eigenvalue weighted by Crippen LogP contribution is 2.31. The molecule has 0 fully saturated rings. The minimum absolute atomic E-state index is 0.715. The molecule has 0 aliphatic rings. The number of carboxylic acid groups (broad SMARTS) is 1. The van der Waals surface area contributed by atoms with Crippen molar-refractivity contribution in [2.45, 2.75) is 40.2 Å². The van der Waals surface area contributed by atoms with E-state index in [1.54, 1.807) is 6.92 Å². The van der Waals surface area contributed by atoms with E-state index in [2.05, 4.69) is 0 Å². The van der Waals surface area contributed by atoms with Gasteiger partial charge in [0.2, 0.25) is 0 Å². The summed E-state index contributed by atoms with van der Waals surface area (Å²) >= 11 is 0. The summed E-state index contributed by atoms with van der Waals surface area (Å²) < 4.78 is 0. The van der Waals surface area contributed by atoms with E-state index < -0.39 is 11.5 Å². The van der Waals surface area contributed by atoms with Gasteiger partial charge in [0.15, 0.2) is 0 Å². The third kappa shape index (κ3) is 2.41. The number of aryl methyl sites for hydroxylation is 2. The molecule has 1 N–H and O–H groups in total. The van der Waals surface area contributed by atoms with Gasteiger partial charge in [-0.3, -0.25) is 4.90 Å². The van der Waals surface area contributed by atoms with E-state index in [0.29, 0.717) is 13.1 Å². The molecule has 1 unspecified atom stereocenters. The Hall–Kier alpha value is -1.35. The predicted octanol–water partition coefficient (Wildman–Crippen LogP) is 2.95. The number of carboxylic acids is 1. The van der Waals surface area contributed by atoms with Crippen LogP contribution in [0.5, 0.6) is 0 Å². The lowest BCUT2D eigenvalue weighted by Gasteiger charge is -2.38. The molecule has 0 aliphatic carbocycles. The zero-order valence-electron chi connectivity index (χ0n) is 11.9. The SMILES string of the molecule is CCN(CC)C(C)(C(=O)O)c1cc(C)ccc1C. The molecule has 1 rings (SSSR count). The molecule has 0 aliphatic heterocycles. The van der Waals surface area contributed by atoms with Crippen LogP contribution in [0.15, 0.2) is 18.2 Å². The quantitative estimate of drug-likeness (QED) is 0.872. The maximum atomic E-state index is 11.8. The summed E-state index contributed by atoms with van der Waals surface area (Å²) in [5.74, 6) is -0.792. The fourth-order valence-electron chi connectivity index (χ4n) is 2.54. The molecular formula is C15H23NO2. The number of rotatable bonds is 5. The fraction of sp³-hybridized carbons (Fsp3) is 0.533. The molecule has 1 aromatic rings. The number of hydrogen-bond acceptors (Lipinski definition) is 2. The van der Waals surface area contributed by atoms with Gasteiger partial charge in [-0.15, -0.1) is 0 Å². The standard InChI is InChI=1S/C15H23NO2/c1-6-16(7-2)15(5,14(17)18)13-10-11(3)8-9-12(13)4/h8-10H,6-7H2,1-5H3,(H,17,18). The minimum atomic E-state index is -0.959.